The minimum Gasteiger partial charge on any atom is -0.0654 e. The molecule has 3 aliphatic rings. The lowest BCUT2D eigenvalue weighted by Crippen LogP contribution is -2.46. The Kier molecular flexibility index (Phi) is 4.01. The Morgan fingerprint density at radius 2 is 1.39 bits per heavy atom. The van der Waals surface area contributed by atoms with Crippen LogP contribution in [0.15, 0.2) is 0 Å². The van der Waals surface area contributed by atoms with Gasteiger partial charge in [-0.2, -0.15) is 0 Å². The molecule has 0 saturated heterocycles. The predicted octanol–water partition coefficient (Wildman–Crippen LogP) is 5.95. The molecule has 0 unspecified atom stereocenters. The normalized spacial score (nSPS) is 29.8. The molecule has 0 nitrogen and oxygen atoms in total. The van der Waals surface area contributed by atoms with E-state index in [1.165, 1.54) is 19.3 Å². The van der Waals surface area contributed by atoms with Crippen LogP contribution in [0.2, 0.25) is 0 Å². The summed E-state index contributed by atoms with van der Waals surface area (Å²) in [6, 6.07) is 0. The van der Waals surface area contributed by atoms with Crippen molar-refractivity contribution in [3.8, 4) is 0 Å². The van der Waals surface area contributed by atoms with Gasteiger partial charge in [-0.05, 0) is 74.5 Å². The second kappa shape index (κ2) is 5.55. The molecule has 0 bridgehead atoms. The molecule has 0 heterocycles. The van der Waals surface area contributed by atoms with Gasteiger partial charge in [0.05, 0.1) is 0 Å². The third kappa shape index (κ3) is 2.25. The first-order valence-corrected chi connectivity index (χ1v) is 8.85. The van der Waals surface area contributed by atoms with Crippen LogP contribution >= 0.6 is 0 Å². The molecule has 0 amide bonds. The Balaban J connectivity index is 1.58. The first-order chi connectivity index (χ1) is 8.85. The molecule has 3 fully saturated rings. The molecule has 3 rings (SSSR count). The van der Waals surface area contributed by atoms with E-state index in [2.05, 4.69) is 6.92 Å². The van der Waals surface area contributed by atoms with E-state index in [-0.39, 0.29) is 0 Å². The molecule has 0 heteroatoms. The van der Waals surface area contributed by atoms with Crippen LogP contribution in [-0.4, -0.2) is 0 Å². The van der Waals surface area contributed by atoms with Crippen LogP contribution in [0, 0.1) is 23.2 Å². The molecule has 0 aliphatic heterocycles. The van der Waals surface area contributed by atoms with Crippen molar-refractivity contribution in [2.45, 2.75) is 90.4 Å². The third-order valence-electron chi connectivity index (χ3n) is 6.84. The van der Waals surface area contributed by atoms with E-state index in [0.717, 1.165) is 23.2 Å². The molecule has 0 N–H and O–H groups in total. The highest BCUT2D eigenvalue weighted by atomic mass is 14.5. The van der Waals surface area contributed by atoms with Crippen LogP contribution in [0.1, 0.15) is 90.4 Å². The molecule has 0 aromatic carbocycles. The fourth-order valence-corrected chi connectivity index (χ4v) is 5.11. The highest BCUT2D eigenvalue weighted by molar-refractivity contribution is 5.00. The van der Waals surface area contributed by atoms with Crippen LogP contribution < -0.4 is 0 Å². The van der Waals surface area contributed by atoms with Crippen molar-refractivity contribution >= 4 is 0 Å². The molecule has 18 heavy (non-hydrogen) atoms. The van der Waals surface area contributed by atoms with Crippen molar-refractivity contribution in [1.82, 2.24) is 0 Å². The van der Waals surface area contributed by atoms with E-state index < -0.39 is 0 Å². The van der Waals surface area contributed by atoms with Crippen molar-refractivity contribution in [1.29, 1.82) is 0 Å². The first-order valence-electron chi connectivity index (χ1n) is 8.85. The summed E-state index contributed by atoms with van der Waals surface area (Å²) < 4.78 is 0. The van der Waals surface area contributed by atoms with E-state index >= 15 is 0 Å². The molecular weight excluding hydrogens is 216 g/mol. The average molecular weight is 248 g/mol. The minimum atomic E-state index is 0.846. The fourth-order valence-electron chi connectivity index (χ4n) is 5.11. The lowest BCUT2D eigenvalue weighted by molar-refractivity contribution is -0.0595. The zero-order valence-corrected chi connectivity index (χ0v) is 12.4. The lowest BCUT2D eigenvalue weighted by Gasteiger charge is -2.56. The second-order valence-electron chi connectivity index (χ2n) is 7.57. The molecular formula is C18H32. The van der Waals surface area contributed by atoms with Crippen LogP contribution in [0.25, 0.3) is 0 Å². The van der Waals surface area contributed by atoms with Gasteiger partial charge in [-0.1, -0.05) is 39.0 Å². The number of hydrogen-bond acceptors (Lipinski definition) is 0. The molecule has 0 aromatic rings. The first kappa shape index (κ1) is 13.0. The lowest BCUT2D eigenvalue weighted by atomic mass is 9.49. The Morgan fingerprint density at radius 3 is 1.78 bits per heavy atom. The molecule has 0 radical (unpaired) electrons. The average Bonchev–Trinajstić information content (AvgIpc) is 2.23. The van der Waals surface area contributed by atoms with Gasteiger partial charge in [0, 0.05) is 0 Å². The van der Waals surface area contributed by atoms with Gasteiger partial charge in [0.1, 0.15) is 0 Å². The van der Waals surface area contributed by atoms with Gasteiger partial charge in [0.25, 0.3) is 0 Å². The Hall–Kier alpha value is 0. The van der Waals surface area contributed by atoms with Crippen molar-refractivity contribution < 1.29 is 0 Å². The van der Waals surface area contributed by atoms with Crippen LogP contribution in [-0.2, 0) is 0 Å². The van der Waals surface area contributed by atoms with Gasteiger partial charge in [-0.15, -0.1) is 0 Å². The smallest absolute Gasteiger partial charge is 0.0241 e. The van der Waals surface area contributed by atoms with Gasteiger partial charge in [-0.3, -0.25) is 0 Å². The molecule has 3 aliphatic carbocycles. The van der Waals surface area contributed by atoms with Crippen molar-refractivity contribution in [2.24, 2.45) is 23.2 Å². The van der Waals surface area contributed by atoms with E-state index in [9.17, 15) is 0 Å². The van der Waals surface area contributed by atoms with Crippen LogP contribution in [0.4, 0.5) is 0 Å². The number of hydrogen-bond donors (Lipinski definition) is 0. The highest BCUT2D eigenvalue weighted by Gasteiger charge is 2.50. The van der Waals surface area contributed by atoms with E-state index in [1.54, 1.807) is 64.2 Å². The van der Waals surface area contributed by atoms with Gasteiger partial charge >= 0.3 is 0 Å². The standard InChI is InChI=1S/C18H32/c1-2-3-6-15-11-13-18(14-12-15,16-7-4-8-16)17-9-5-10-17/h15-17H,2-14H2,1H3. The summed E-state index contributed by atoms with van der Waals surface area (Å²) >= 11 is 0. The monoisotopic (exact) mass is 248 g/mol. The Labute approximate surface area is 114 Å². The van der Waals surface area contributed by atoms with E-state index in [1.807, 2.05) is 0 Å². The zero-order valence-electron chi connectivity index (χ0n) is 12.4. The highest BCUT2D eigenvalue weighted by Crippen LogP contribution is 2.60. The molecule has 104 valence electrons. The minimum absolute atomic E-state index is 0.846. The number of unbranched alkanes of at least 4 members (excludes halogenated alkanes) is 1. The summed E-state index contributed by atoms with van der Waals surface area (Å²) in [5, 5.41) is 0. The zero-order chi connectivity index (χ0) is 12.4. The molecule has 3 saturated carbocycles. The third-order valence-corrected chi connectivity index (χ3v) is 6.84. The van der Waals surface area contributed by atoms with Crippen molar-refractivity contribution in [3.63, 3.8) is 0 Å². The SMILES string of the molecule is CCCCC1CCC(C2CCC2)(C2CCC2)CC1. The van der Waals surface area contributed by atoms with Gasteiger partial charge in [0.15, 0.2) is 0 Å². The van der Waals surface area contributed by atoms with Gasteiger partial charge in [0.2, 0.25) is 0 Å². The van der Waals surface area contributed by atoms with Crippen LogP contribution in [0.3, 0.4) is 0 Å². The Morgan fingerprint density at radius 1 is 0.833 bits per heavy atom. The Bertz CT molecular complexity index is 235. The van der Waals surface area contributed by atoms with Crippen LogP contribution in [0.5, 0.6) is 0 Å². The molecule has 0 aromatic heterocycles. The van der Waals surface area contributed by atoms with E-state index in [0.29, 0.717) is 0 Å². The maximum absolute atomic E-state index is 2.34. The molecule has 0 spiro atoms. The maximum Gasteiger partial charge on any atom is -0.0241 e. The maximum atomic E-state index is 2.34. The molecule has 0 atom stereocenters. The van der Waals surface area contributed by atoms with Crippen molar-refractivity contribution in [3.05, 3.63) is 0 Å². The predicted molar refractivity (Wildman–Crippen MR) is 78.6 cm³/mol. The summed E-state index contributed by atoms with van der Waals surface area (Å²) in [6.45, 7) is 2.34. The van der Waals surface area contributed by atoms with E-state index in [4.69, 9.17) is 0 Å². The number of rotatable bonds is 5. The summed E-state index contributed by atoms with van der Waals surface area (Å²) in [5.74, 6) is 3.39. The second-order valence-corrected chi connectivity index (χ2v) is 7.57. The summed E-state index contributed by atoms with van der Waals surface area (Å²) in [7, 11) is 0. The summed E-state index contributed by atoms with van der Waals surface area (Å²) in [4.78, 5) is 0. The van der Waals surface area contributed by atoms with Gasteiger partial charge < -0.3 is 0 Å². The topological polar surface area (TPSA) is 0 Å². The quantitative estimate of drug-likeness (QED) is 0.563. The van der Waals surface area contributed by atoms with Crippen molar-refractivity contribution in [2.75, 3.05) is 0 Å². The summed E-state index contributed by atoms with van der Waals surface area (Å²) in [5.41, 5.74) is 0.846. The van der Waals surface area contributed by atoms with Gasteiger partial charge in [-0.25, -0.2) is 0 Å². The largest absolute Gasteiger partial charge is 0.0654 e. The fraction of sp³-hybridized carbons (Fsp3) is 1.00. The summed E-state index contributed by atoms with van der Waals surface area (Å²) in [6.07, 6.45) is 20.2.